The van der Waals surface area contributed by atoms with Crippen molar-refractivity contribution in [1.29, 1.82) is 0 Å². The average molecular weight is 394 g/mol. The number of nitrogens with one attached hydrogen (secondary N) is 1. The summed E-state index contributed by atoms with van der Waals surface area (Å²) in [5.74, 6) is -2.30. The highest BCUT2D eigenvalue weighted by Gasteiger charge is 2.24. The number of nitrogens with two attached hydrogens (primary N) is 1. The third-order valence-electron chi connectivity index (χ3n) is 3.89. The zero-order valence-corrected chi connectivity index (χ0v) is 16.0. The Kier molecular flexibility index (Phi) is 10.3. The molecule has 0 saturated carbocycles. The van der Waals surface area contributed by atoms with Crippen LogP contribution in [0.2, 0.25) is 0 Å². The van der Waals surface area contributed by atoms with Crippen molar-refractivity contribution < 1.29 is 33.4 Å². The minimum absolute atomic E-state index is 0.0380. The fraction of sp³-hybridized carbons (Fsp3) is 0.474. The summed E-state index contributed by atoms with van der Waals surface area (Å²) in [4.78, 5) is 46.9. The van der Waals surface area contributed by atoms with Crippen molar-refractivity contribution in [2.24, 2.45) is 5.73 Å². The highest BCUT2D eigenvalue weighted by molar-refractivity contribution is 5.85. The van der Waals surface area contributed by atoms with Gasteiger partial charge in [-0.25, -0.2) is 4.79 Å². The third-order valence-corrected chi connectivity index (χ3v) is 3.89. The van der Waals surface area contributed by atoms with E-state index in [9.17, 15) is 19.2 Å². The van der Waals surface area contributed by atoms with Crippen LogP contribution in [0, 0.1) is 0 Å². The van der Waals surface area contributed by atoms with Crippen LogP contribution < -0.4 is 11.1 Å². The first-order chi connectivity index (χ1) is 13.4. The molecule has 1 aromatic rings. The number of methoxy groups -OCH3 is 2. The van der Waals surface area contributed by atoms with E-state index < -0.39 is 35.9 Å². The molecule has 0 saturated heterocycles. The maximum Gasteiger partial charge on any atom is 0.328 e. The van der Waals surface area contributed by atoms with Gasteiger partial charge in [0, 0.05) is 12.8 Å². The van der Waals surface area contributed by atoms with Gasteiger partial charge in [-0.15, -0.1) is 0 Å². The predicted octanol–water partition coefficient (Wildman–Crippen LogP) is 0.448. The molecule has 1 amide bonds. The minimum atomic E-state index is -0.988. The van der Waals surface area contributed by atoms with Crippen LogP contribution in [0.15, 0.2) is 30.3 Å². The van der Waals surface area contributed by atoms with Gasteiger partial charge in [-0.05, 0) is 18.4 Å². The van der Waals surface area contributed by atoms with E-state index in [0.717, 1.165) is 5.56 Å². The fourth-order valence-electron chi connectivity index (χ4n) is 2.26. The molecule has 1 aromatic carbocycles. The summed E-state index contributed by atoms with van der Waals surface area (Å²) < 4.78 is 14.2. The molecule has 0 aliphatic carbocycles. The normalized spacial score (nSPS) is 12.4. The molecule has 0 aromatic heterocycles. The molecule has 9 nitrogen and oxygen atoms in total. The first kappa shape index (κ1) is 23.1. The first-order valence-electron chi connectivity index (χ1n) is 8.77. The Hall–Kier alpha value is -2.94. The predicted molar refractivity (Wildman–Crippen MR) is 98.6 cm³/mol. The highest BCUT2D eigenvalue weighted by Crippen LogP contribution is 2.06. The lowest BCUT2D eigenvalue weighted by molar-refractivity contribution is -0.148. The average Bonchev–Trinajstić information content (AvgIpc) is 2.72. The number of hydrogen-bond acceptors (Lipinski definition) is 8. The second-order valence-electron chi connectivity index (χ2n) is 6.00. The van der Waals surface area contributed by atoms with E-state index >= 15 is 0 Å². The summed E-state index contributed by atoms with van der Waals surface area (Å²) in [6.45, 7) is 0.0948. The quantitative estimate of drug-likeness (QED) is 0.408. The van der Waals surface area contributed by atoms with Gasteiger partial charge in [0.2, 0.25) is 5.91 Å². The van der Waals surface area contributed by atoms with E-state index in [2.05, 4.69) is 14.8 Å². The lowest BCUT2D eigenvalue weighted by atomic mass is 10.1. The maximum absolute atomic E-state index is 12.1. The van der Waals surface area contributed by atoms with Crippen molar-refractivity contribution in [2.75, 3.05) is 14.2 Å². The number of hydrogen-bond donors (Lipinski definition) is 2. The van der Waals surface area contributed by atoms with Gasteiger partial charge in [-0.2, -0.15) is 0 Å². The maximum atomic E-state index is 12.1. The molecule has 2 atom stereocenters. The van der Waals surface area contributed by atoms with Crippen LogP contribution in [0.25, 0.3) is 0 Å². The molecule has 0 fully saturated rings. The summed E-state index contributed by atoms with van der Waals surface area (Å²) in [5, 5.41) is 2.47. The number of ether oxygens (including phenoxy) is 3. The molecule has 0 radical (unpaired) electrons. The summed E-state index contributed by atoms with van der Waals surface area (Å²) in [5.41, 5.74) is 6.58. The largest absolute Gasteiger partial charge is 0.469 e. The summed E-state index contributed by atoms with van der Waals surface area (Å²) in [6, 6.07) is 7.17. The molecular formula is C19H26N2O7. The van der Waals surface area contributed by atoms with Crippen LogP contribution in [0.4, 0.5) is 0 Å². The van der Waals surface area contributed by atoms with Crippen LogP contribution in [0.5, 0.6) is 0 Å². The number of carbonyl (C=O) groups excluding carboxylic acids is 4. The van der Waals surface area contributed by atoms with Crippen LogP contribution in [-0.4, -0.2) is 50.1 Å². The number of esters is 3. The molecule has 0 spiro atoms. The Morgan fingerprint density at radius 2 is 1.64 bits per heavy atom. The topological polar surface area (TPSA) is 134 Å². The van der Waals surface area contributed by atoms with Crippen molar-refractivity contribution in [3.63, 3.8) is 0 Å². The molecule has 0 heterocycles. The van der Waals surface area contributed by atoms with Crippen molar-refractivity contribution >= 4 is 23.8 Å². The number of amides is 1. The van der Waals surface area contributed by atoms with E-state index in [-0.39, 0.29) is 32.3 Å². The molecule has 1 rings (SSSR count). The standard InChI is InChI=1S/C19H26N2O7/c1-26-17(23)11-9-15(19(25)27-2)21-16(22)10-8-14(20)18(24)28-12-13-6-4-3-5-7-13/h3-7,14-15H,8-12,20H2,1-2H3,(H,21,22)/t14-,15-/m0/s1. The monoisotopic (exact) mass is 394 g/mol. The van der Waals surface area contributed by atoms with Gasteiger partial charge >= 0.3 is 17.9 Å². The SMILES string of the molecule is COC(=O)CC[C@H](NC(=O)CC[C@H](N)C(=O)OCc1ccccc1)C(=O)OC. The lowest BCUT2D eigenvalue weighted by Gasteiger charge is -2.17. The molecule has 0 aliphatic rings. The molecule has 28 heavy (non-hydrogen) atoms. The molecule has 0 aliphatic heterocycles. The van der Waals surface area contributed by atoms with E-state index in [0.29, 0.717) is 0 Å². The van der Waals surface area contributed by atoms with Crippen LogP contribution >= 0.6 is 0 Å². The Morgan fingerprint density at radius 3 is 2.25 bits per heavy atom. The van der Waals surface area contributed by atoms with Gasteiger partial charge in [-0.1, -0.05) is 30.3 Å². The van der Waals surface area contributed by atoms with E-state index in [1.54, 1.807) is 0 Å². The number of benzene rings is 1. The molecule has 0 unspecified atom stereocenters. The Labute approximate surface area is 163 Å². The molecule has 154 valence electrons. The van der Waals surface area contributed by atoms with E-state index in [1.165, 1.54) is 14.2 Å². The van der Waals surface area contributed by atoms with Crippen LogP contribution in [0.3, 0.4) is 0 Å². The minimum Gasteiger partial charge on any atom is -0.469 e. The van der Waals surface area contributed by atoms with Crippen molar-refractivity contribution in [3.05, 3.63) is 35.9 Å². The van der Waals surface area contributed by atoms with Crippen molar-refractivity contribution in [3.8, 4) is 0 Å². The lowest BCUT2D eigenvalue weighted by Crippen LogP contribution is -2.42. The number of rotatable bonds is 11. The van der Waals surface area contributed by atoms with Crippen LogP contribution in [0.1, 0.15) is 31.2 Å². The second kappa shape index (κ2) is 12.4. The van der Waals surface area contributed by atoms with Gasteiger partial charge in [0.1, 0.15) is 18.7 Å². The van der Waals surface area contributed by atoms with Gasteiger partial charge in [0.25, 0.3) is 0 Å². The van der Waals surface area contributed by atoms with Crippen molar-refractivity contribution in [1.82, 2.24) is 5.32 Å². The summed E-state index contributed by atoms with van der Waals surface area (Å²) in [7, 11) is 2.41. The Morgan fingerprint density at radius 1 is 0.964 bits per heavy atom. The second-order valence-corrected chi connectivity index (χ2v) is 6.00. The van der Waals surface area contributed by atoms with Gasteiger partial charge < -0.3 is 25.3 Å². The smallest absolute Gasteiger partial charge is 0.328 e. The van der Waals surface area contributed by atoms with Gasteiger partial charge in [-0.3, -0.25) is 14.4 Å². The van der Waals surface area contributed by atoms with E-state index in [1.807, 2.05) is 30.3 Å². The van der Waals surface area contributed by atoms with Gasteiger partial charge in [0.05, 0.1) is 14.2 Å². The molecule has 3 N–H and O–H groups in total. The molecule has 0 bridgehead atoms. The van der Waals surface area contributed by atoms with Crippen molar-refractivity contribution in [2.45, 2.75) is 44.4 Å². The van der Waals surface area contributed by atoms with E-state index in [4.69, 9.17) is 10.5 Å². The summed E-state index contributed by atoms with van der Waals surface area (Å²) >= 11 is 0. The van der Waals surface area contributed by atoms with Crippen LogP contribution in [-0.2, 0) is 40.0 Å². The Bertz CT molecular complexity index is 664. The summed E-state index contributed by atoms with van der Waals surface area (Å²) in [6.07, 6.45) is -0.0597. The molecule has 9 heteroatoms. The van der Waals surface area contributed by atoms with Gasteiger partial charge in [0.15, 0.2) is 0 Å². The first-order valence-corrected chi connectivity index (χ1v) is 8.77. The zero-order valence-electron chi connectivity index (χ0n) is 16.0. The molecular weight excluding hydrogens is 368 g/mol. The number of carbonyl (C=O) groups is 4. The highest BCUT2D eigenvalue weighted by atomic mass is 16.5. The zero-order chi connectivity index (χ0) is 20.9. The Balaban J connectivity index is 2.41. The fourth-order valence-corrected chi connectivity index (χ4v) is 2.26. The third kappa shape index (κ3) is 8.63.